The third kappa shape index (κ3) is 4.46. The van der Waals surface area contributed by atoms with E-state index in [2.05, 4.69) is 41.9 Å². The lowest BCUT2D eigenvalue weighted by Gasteiger charge is -2.38. The summed E-state index contributed by atoms with van der Waals surface area (Å²) < 4.78 is 10.9. The summed E-state index contributed by atoms with van der Waals surface area (Å²) in [5.41, 5.74) is 4.03. The highest BCUT2D eigenvalue weighted by Gasteiger charge is 2.25. The zero-order valence-electron chi connectivity index (χ0n) is 19.5. The topological polar surface area (TPSA) is 45.2 Å². The van der Waals surface area contributed by atoms with E-state index < -0.39 is 0 Å². The van der Waals surface area contributed by atoms with Crippen molar-refractivity contribution in [2.24, 2.45) is 5.92 Å². The molecule has 170 valence electrons. The summed E-state index contributed by atoms with van der Waals surface area (Å²) in [6, 6.07) is 5.84. The summed E-state index contributed by atoms with van der Waals surface area (Å²) in [6.45, 7) is 9.52. The molecule has 0 spiro atoms. The van der Waals surface area contributed by atoms with Crippen LogP contribution in [0, 0.1) is 5.92 Å². The molecule has 0 saturated carbocycles. The number of nitrogens with zero attached hydrogens (tertiary/aromatic N) is 3. The number of hydrogen-bond donors (Lipinski definition) is 0. The molecule has 0 aromatic heterocycles. The first kappa shape index (κ1) is 22.2. The van der Waals surface area contributed by atoms with Crippen molar-refractivity contribution < 1.29 is 14.3 Å². The van der Waals surface area contributed by atoms with Crippen molar-refractivity contribution in [1.29, 1.82) is 0 Å². The van der Waals surface area contributed by atoms with Gasteiger partial charge in [-0.3, -0.25) is 9.69 Å². The fourth-order valence-corrected chi connectivity index (χ4v) is 4.52. The highest BCUT2D eigenvalue weighted by Crippen LogP contribution is 2.36. The fraction of sp³-hybridized carbons (Fsp3) is 0.423. The SMILES string of the molecule is CCN1CCN(C2=CN3C(=O)C=C(c4ccc(OC)c(OC)c4)C(C)CC=C3C=C2)CC1. The molecule has 0 bridgehead atoms. The van der Waals surface area contributed by atoms with Gasteiger partial charge in [0.1, 0.15) is 0 Å². The molecule has 1 atom stereocenters. The van der Waals surface area contributed by atoms with Crippen molar-refractivity contribution in [3.05, 3.63) is 65.7 Å². The molecule has 3 aliphatic rings. The second kappa shape index (κ2) is 9.65. The van der Waals surface area contributed by atoms with Gasteiger partial charge in [0, 0.05) is 44.2 Å². The molecule has 1 amide bonds. The van der Waals surface area contributed by atoms with Crippen molar-refractivity contribution in [1.82, 2.24) is 14.7 Å². The predicted molar refractivity (Wildman–Crippen MR) is 127 cm³/mol. The van der Waals surface area contributed by atoms with Crippen LogP contribution in [0.3, 0.4) is 0 Å². The van der Waals surface area contributed by atoms with Gasteiger partial charge in [-0.25, -0.2) is 0 Å². The van der Waals surface area contributed by atoms with Gasteiger partial charge in [0.25, 0.3) is 5.91 Å². The van der Waals surface area contributed by atoms with Gasteiger partial charge >= 0.3 is 0 Å². The van der Waals surface area contributed by atoms with Crippen LogP contribution in [0.25, 0.3) is 5.57 Å². The molecule has 0 radical (unpaired) electrons. The van der Waals surface area contributed by atoms with E-state index in [0.717, 1.165) is 61.7 Å². The van der Waals surface area contributed by atoms with Crippen LogP contribution in [-0.2, 0) is 4.79 Å². The lowest BCUT2D eigenvalue weighted by molar-refractivity contribution is -0.122. The van der Waals surface area contributed by atoms with Crippen LogP contribution in [0.2, 0.25) is 0 Å². The Hall–Kier alpha value is -2.99. The molecule has 0 aliphatic carbocycles. The predicted octanol–water partition coefficient (Wildman–Crippen LogP) is 3.89. The number of hydrogen-bond acceptors (Lipinski definition) is 5. The standard InChI is InChI=1S/C26H33N3O3/c1-5-27-12-14-28(15-13-27)22-10-9-21-8-6-19(2)23(17-26(30)29(21)18-22)20-7-11-24(31-3)25(16-20)32-4/h7-11,16-19H,5-6,12-15H2,1-4H3. The number of carbonyl (C=O) groups is 1. The Bertz CT molecular complexity index is 984. The van der Waals surface area contributed by atoms with E-state index in [0.29, 0.717) is 11.5 Å². The van der Waals surface area contributed by atoms with Gasteiger partial charge in [0.2, 0.25) is 0 Å². The first-order chi connectivity index (χ1) is 15.5. The molecule has 6 nitrogen and oxygen atoms in total. The third-order valence-corrected chi connectivity index (χ3v) is 6.59. The first-order valence-electron chi connectivity index (χ1n) is 11.4. The molecule has 6 heteroatoms. The average Bonchev–Trinajstić information content (AvgIpc) is 2.84. The van der Waals surface area contributed by atoms with E-state index in [4.69, 9.17) is 9.47 Å². The average molecular weight is 436 g/mol. The van der Waals surface area contributed by atoms with Gasteiger partial charge in [-0.1, -0.05) is 26.0 Å². The summed E-state index contributed by atoms with van der Waals surface area (Å²) in [4.78, 5) is 20.0. The van der Waals surface area contributed by atoms with Crippen LogP contribution in [0.1, 0.15) is 25.8 Å². The molecule has 4 rings (SSSR count). The summed E-state index contributed by atoms with van der Waals surface area (Å²) >= 11 is 0. The summed E-state index contributed by atoms with van der Waals surface area (Å²) in [5.74, 6) is 1.52. The molecule has 3 aliphatic heterocycles. The van der Waals surface area contributed by atoms with Crippen LogP contribution in [0.15, 0.2) is 60.1 Å². The molecule has 1 aromatic rings. The minimum atomic E-state index is -0.0263. The van der Waals surface area contributed by atoms with E-state index in [1.807, 2.05) is 24.4 Å². The fourth-order valence-electron chi connectivity index (χ4n) is 4.52. The van der Waals surface area contributed by atoms with Crippen molar-refractivity contribution in [2.45, 2.75) is 20.3 Å². The Labute approximate surface area is 191 Å². The minimum Gasteiger partial charge on any atom is -0.493 e. The van der Waals surface area contributed by atoms with E-state index in [-0.39, 0.29) is 11.8 Å². The number of carbonyl (C=O) groups excluding carboxylic acids is 1. The first-order valence-corrected chi connectivity index (χ1v) is 11.4. The van der Waals surface area contributed by atoms with Crippen molar-refractivity contribution in [2.75, 3.05) is 46.9 Å². The highest BCUT2D eigenvalue weighted by atomic mass is 16.5. The van der Waals surface area contributed by atoms with Crippen molar-refractivity contribution in [3.8, 4) is 11.5 Å². The number of ether oxygens (including phenoxy) is 2. The van der Waals surface area contributed by atoms with Crippen LogP contribution in [-0.4, -0.2) is 67.6 Å². The smallest absolute Gasteiger partial charge is 0.255 e. The number of piperazine rings is 1. The molecule has 1 unspecified atom stereocenters. The number of fused-ring (bicyclic) bond motifs is 1. The monoisotopic (exact) mass is 435 g/mol. The Balaban J connectivity index is 1.61. The maximum Gasteiger partial charge on any atom is 0.255 e. The van der Waals surface area contributed by atoms with E-state index in [1.54, 1.807) is 25.2 Å². The van der Waals surface area contributed by atoms with Crippen LogP contribution in [0.5, 0.6) is 11.5 Å². The lowest BCUT2D eigenvalue weighted by Crippen LogP contribution is -2.46. The van der Waals surface area contributed by atoms with Gasteiger partial charge in [0.15, 0.2) is 11.5 Å². The maximum atomic E-state index is 13.4. The zero-order chi connectivity index (χ0) is 22.7. The molecule has 32 heavy (non-hydrogen) atoms. The van der Waals surface area contributed by atoms with Gasteiger partial charge in [-0.15, -0.1) is 0 Å². The minimum absolute atomic E-state index is 0.0263. The van der Waals surface area contributed by atoms with E-state index >= 15 is 0 Å². The van der Waals surface area contributed by atoms with E-state index in [1.165, 1.54) is 0 Å². The summed E-state index contributed by atoms with van der Waals surface area (Å²) in [6.07, 6.45) is 11.0. The number of likely N-dealkylation sites (N-methyl/N-ethyl adjacent to an activating group) is 1. The van der Waals surface area contributed by atoms with Gasteiger partial charge < -0.3 is 19.3 Å². The van der Waals surface area contributed by atoms with E-state index in [9.17, 15) is 4.79 Å². The van der Waals surface area contributed by atoms with Crippen molar-refractivity contribution >= 4 is 11.5 Å². The Morgan fingerprint density at radius 1 is 1.00 bits per heavy atom. The zero-order valence-corrected chi connectivity index (χ0v) is 19.5. The summed E-state index contributed by atoms with van der Waals surface area (Å²) in [5, 5.41) is 0. The molecule has 1 fully saturated rings. The maximum absolute atomic E-state index is 13.4. The highest BCUT2D eigenvalue weighted by molar-refractivity contribution is 5.98. The van der Waals surface area contributed by atoms with Crippen molar-refractivity contribution in [3.63, 3.8) is 0 Å². The summed E-state index contributed by atoms with van der Waals surface area (Å²) in [7, 11) is 3.26. The lowest BCUT2D eigenvalue weighted by atomic mass is 9.89. The van der Waals surface area contributed by atoms with Gasteiger partial charge in [0.05, 0.1) is 19.9 Å². The van der Waals surface area contributed by atoms with Crippen LogP contribution in [0.4, 0.5) is 0 Å². The van der Waals surface area contributed by atoms with Crippen LogP contribution >= 0.6 is 0 Å². The van der Waals surface area contributed by atoms with Gasteiger partial charge in [-0.2, -0.15) is 0 Å². The molecule has 3 heterocycles. The third-order valence-electron chi connectivity index (χ3n) is 6.59. The normalized spacial score (nSPS) is 21.8. The Morgan fingerprint density at radius 3 is 2.41 bits per heavy atom. The number of amides is 1. The number of benzene rings is 1. The second-order valence-electron chi connectivity index (χ2n) is 8.45. The number of methoxy groups -OCH3 is 2. The molecule has 0 N–H and O–H groups in total. The second-order valence-corrected chi connectivity index (χ2v) is 8.45. The molecule has 1 saturated heterocycles. The molecular weight excluding hydrogens is 402 g/mol. The molecule has 1 aromatic carbocycles. The molecular formula is C26H33N3O3. The Kier molecular flexibility index (Phi) is 6.70. The number of rotatable bonds is 5. The quantitative estimate of drug-likeness (QED) is 0.702. The van der Waals surface area contributed by atoms with Gasteiger partial charge in [-0.05, 0) is 54.3 Å². The number of allylic oxidation sites excluding steroid dienone is 4. The van der Waals surface area contributed by atoms with Crippen LogP contribution < -0.4 is 9.47 Å². The largest absolute Gasteiger partial charge is 0.493 e. The Morgan fingerprint density at radius 2 is 1.72 bits per heavy atom.